The van der Waals surface area contributed by atoms with E-state index in [1.165, 1.54) is 17.7 Å². The molecule has 2 rings (SSSR count). The van der Waals surface area contributed by atoms with Crippen molar-refractivity contribution in [2.24, 2.45) is 0 Å². The van der Waals surface area contributed by atoms with Gasteiger partial charge in [-0.2, -0.15) is 0 Å². The Morgan fingerprint density at radius 3 is 2.23 bits per heavy atom. The fourth-order valence-electron chi connectivity index (χ4n) is 2.88. The van der Waals surface area contributed by atoms with Crippen molar-refractivity contribution < 1.29 is 14.0 Å². The predicted molar refractivity (Wildman–Crippen MR) is 121 cm³/mol. The summed E-state index contributed by atoms with van der Waals surface area (Å²) in [6, 6.07) is 13.6. The van der Waals surface area contributed by atoms with E-state index < -0.39 is 11.6 Å². The van der Waals surface area contributed by atoms with Gasteiger partial charge in [-0.15, -0.1) is 11.8 Å². The van der Waals surface area contributed by atoms with Crippen LogP contribution in [0.2, 0.25) is 0 Å². The van der Waals surface area contributed by atoms with Crippen molar-refractivity contribution in [2.45, 2.75) is 64.1 Å². The van der Waals surface area contributed by atoms with Crippen LogP contribution in [0.25, 0.3) is 0 Å². The van der Waals surface area contributed by atoms with Gasteiger partial charge in [0.2, 0.25) is 11.8 Å². The zero-order chi connectivity index (χ0) is 22.3. The molecule has 0 bridgehead atoms. The molecule has 0 spiro atoms. The molecule has 162 valence electrons. The Morgan fingerprint density at radius 1 is 1.07 bits per heavy atom. The molecule has 2 aromatic carbocycles. The second-order valence-electron chi connectivity index (χ2n) is 8.47. The van der Waals surface area contributed by atoms with Gasteiger partial charge in [-0.3, -0.25) is 9.59 Å². The third kappa shape index (κ3) is 7.82. The van der Waals surface area contributed by atoms with E-state index in [0.717, 1.165) is 10.5 Å². The molecule has 0 saturated carbocycles. The summed E-state index contributed by atoms with van der Waals surface area (Å²) in [6.45, 7) is 9.74. The highest BCUT2D eigenvalue weighted by Gasteiger charge is 2.28. The topological polar surface area (TPSA) is 49.4 Å². The van der Waals surface area contributed by atoms with Gasteiger partial charge in [-0.1, -0.05) is 29.8 Å². The number of carbonyl (C=O) groups excluding carboxylic acids is 2. The molecule has 0 aliphatic carbocycles. The van der Waals surface area contributed by atoms with Crippen molar-refractivity contribution in [3.63, 3.8) is 0 Å². The molecule has 0 unspecified atom stereocenters. The molecule has 0 radical (unpaired) electrons. The molecule has 4 nitrogen and oxygen atoms in total. The number of amides is 2. The predicted octanol–water partition coefficient (Wildman–Crippen LogP) is 4.95. The van der Waals surface area contributed by atoms with Crippen molar-refractivity contribution >= 4 is 23.6 Å². The molecule has 0 aromatic heterocycles. The summed E-state index contributed by atoms with van der Waals surface area (Å²) in [5.74, 6) is -0.0145. The van der Waals surface area contributed by atoms with Gasteiger partial charge in [0.25, 0.3) is 0 Å². The zero-order valence-electron chi connectivity index (χ0n) is 18.4. The van der Waals surface area contributed by atoms with Crippen LogP contribution in [0, 0.1) is 12.7 Å². The second-order valence-corrected chi connectivity index (χ2v) is 9.64. The summed E-state index contributed by atoms with van der Waals surface area (Å²) in [6.07, 6.45) is 0.312. The average molecular weight is 431 g/mol. The van der Waals surface area contributed by atoms with Crippen molar-refractivity contribution in [3.8, 4) is 0 Å². The van der Waals surface area contributed by atoms with Crippen molar-refractivity contribution in [1.82, 2.24) is 10.2 Å². The maximum absolute atomic E-state index is 13.3. The van der Waals surface area contributed by atoms with E-state index in [9.17, 15) is 14.0 Å². The van der Waals surface area contributed by atoms with E-state index in [0.29, 0.717) is 12.2 Å². The van der Waals surface area contributed by atoms with Crippen LogP contribution in [0.5, 0.6) is 0 Å². The highest BCUT2D eigenvalue weighted by Crippen LogP contribution is 2.20. The number of thioether (sulfide) groups is 1. The smallest absolute Gasteiger partial charge is 0.242 e. The Balaban J connectivity index is 2.08. The van der Waals surface area contributed by atoms with E-state index in [-0.39, 0.29) is 24.2 Å². The van der Waals surface area contributed by atoms with Crippen LogP contribution in [-0.4, -0.2) is 34.0 Å². The molecule has 0 fully saturated rings. The number of carbonyl (C=O) groups is 2. The van der Waals surface area contributed by atoms with Gasteiger partial charge in [0.15, 0.2) is 0 Å². The van der Waals surface area contributed by atoms with E-state index in [1.54, 1.807) is 35.7 Å². The molecule has 1 atom stereocenters. The number of nitrogens with one attached hydrogen (secondary N) is 1. The summed E-state index contributed by atoms with van der Waals surface area (Å²) in [5.41, 5.74) is 1.59. The monoisotopic (exact) mass is 430 g/mol. The van der Waals surface area contributed by atoms with Crippen LogP contribution in [0.15, 0.2) is 53.4 Å². The van der Waals surface area contributed by atoms with Crippen LogP contribution in [0.4, 0.5) is 4.39 Å². The zero-order valence-corrected chi connectivity index (χ0v) is 19.2. The maximum atomic E-state index is 13.3. The first-order valence-electron chi connectivity index (χ1n) is 10.1. The minimum atomic E-state index is -0.633. The number of benzene rings is 2. The summed E-state index contributed by atoms with van der Waals surface area (Å²) in [4.78, 5) is 28.4. The average Bonchev–Trinajstić information content (AvgIpc) is 2.67. The lowest BCUT2D eigenvalue weighted by Crippen LogP contribution is -2.52. The van der Waals surface area contributed by atoms with E-state index in [2.05, 4.69) is 5.32 Å². The third-order valence-corrected chi connectivity index (χ3v) is 5.55. The van der Waals surface area contributed by atoms with Gasteiger partial charge < -0.3 is 10.2 Å². The standard InChI is InChI=1S/C24H31FN2O2S/c1-17-6-12-21(13-7-17)30-15-14-22(28)27(16-19-8-10-20(25)11-9-19)18(2)23(29)26-24(3,4)5/h6-13,18H,14-16H2,1-5H3,(H,26,29)/t18-/m0/s1. The Morgan fingerprint density at radius 2 is 1.67 bits per heavy atom. The van der Waals surface area contributed by atoms with Crippen molar-refractivity contribution in [3.05, 3.63) is 65.5 Å². The molecule has 2 aromatic rings. The van der Waals surface area contributed by atoms with Crippen LogP contribution in [0.3, 0.4) is 0 Å². The summed E-state index contributed by atoms with van der Waals surface area (Å²) in [5, 5.41) is 2.94. The van der Waals surface area contributed by atoms with Gasteiger partial charge in [0.05, 0.1) is 0 Å². The van der Waals surface area contributed by atoms with E-state index in [4.69, 9.17) is 0 Å². The van der Waals surface area contributed by atoms with Crippen LogP contribution in [0.1, 0.15) is 45.2 Å². The minimum absolute atomic E-state index is 0.101. The lowest BCUT2D eigenvalue weighted by molar-refractivity contribution is -0.140. The number of aryl methyl sites for hydroxylation is 1. The van der Waals surface area contributed by atoms with Crippen LogP contribution >= 0.6 is 11.8 Å². The van der Waals surface area contributed by atoms with Gasteiger partial charge >= 0.3 is 0 Å². The quantitative estimate of drug-likeness (QED) is 0.603. The molecular weight excluding hydrogens is 399 g/mol. The Kier molecular flexibility index (Phi) is 8.47. The second kappa shape index (κ2) is 10.6. The number of nitrogens with zero attached hydrogens (tertiary/aromatic N) is 1. The molecule has 6 heteroatoms. The largest absolute Gasteiger partial charge is 0.350 e. The fourth-order valence-corrected chi connectivity index (χ4v) is 3.72. The fraction of sp³-hybridized carbons (Fsp3) is 0.417. The Hall–Kier alpha value is -2.34. The summed E-state index contributed by atoms with van der Waals surface area (Å²) < 4.78 is 13.3. The molecule has 2 amide bonds. The minimum Gasteiger partial charge on any atom is -0.350 e. The van der Waals surface area contributed by atoms with Gasteiger partial charge in [-0.05, 0) is 64.4 Å². The maximum Gasteiger partial charge on any atom is 0.242 e. The first-order valence-corrected chi connectivity index (χ1v) is 11.1. The molecule has 0 saturated heterocycles. The van der Waals surface area contributed by atoms with Crippen molar-refractivity contribution in [1.29, 1.82) is 0 Å². The summed E-state index contributed by atoms with van der Waals surface area (Å²) in [7, 11) is 0. The lowest BCUT2D eigenvalue weighted by atomic mass is 10.1. The summed E-state index contributed by atoms with van der Waals surface area (Å²) >= 11 is 1.62. The number of halogens is 1. The van der Waals surface area contributed by atoms with Gasteiger partial charge in [0, 0.05) is 29.2 Å². The van der Waals surface area contributed by atoms with Gasteiger partial charge in [0.1, 0.15) is 11.9 Å². The van der Waals surface area contributed by atoms with Gasteiger partial charge in [-0.25, -0.2) is 4.39 Å². The molecule has 0 aliphatic heterocycles. The number of hydrogen-bond acceptors (Lipinski definition) is 3. The first kappa shape index (κ1) is 23.9. The lowest BCUT2D eigenvalue weighted by Gasteiger charge is -2.31. The Labute approximate surface area is 183 Å². The number of hydrogen-bond donors (Lipinski definition) is 1. The Bertz CT molecular complexity index is 845. The van der Waals surface area contributed by atoms with Crippen LogP contribution < -0.4 is 5.32 Å². The molecule has 30 heavy (non-hydrogen) atoms. The first-order chi connectivity index (χ1) is 14.0. The molecular formula is C24H31FN2O2S. The highest BCUT2D eigenvalue weighted by atomic mass is 32.2. The highest BCUT2D eigenvalue weighted by molar-refractivity contribution is 7.99. The molecule has 1 N–H and O–H groups in total. The molecule has 0 aliphatic rings. The SMILES string of the molecule is Cc1ccc(SCCC(=O)N(Cc2ccc(F)cc2)[C@@H](C)C(=O)NC(C)(C)C)cc1. The van der Waals surface area contributed by atoms with E-state index in [1.807, 2.05) is 52.0 Å². The van der Waals surface area contributed by atoms with Crippen LogP contribution in [-0.2, 0) is 16.1 Å². The van der Waals surface area contributed by atoms with Crippen molar-refractivity contribution in [2.75, 3.05) is 5.75 Å². The molecule has 0 heterocycles. The normalized spacial score (nSPS) is 12.3. The van der Waals surface area contributed by atoms with E-state index >= 15 is 0 Å². The number of rotatable bonds is 8. The third-order valence-electron chi connectivity index (χ3n) is 4.54.